The standard InChI is InChI=1S/C11H14N4OS/c1-7-10(17-6-14-7)4-13-11(16)9-3-8(12)5-15(9)2/h3,5-6H,4,12H2,1-2H3,(H,13,16). The minimum absolute atomic E-state index is 0.128. The monoisotopic (exact) mass is 250 g/mol. The fraction of sp³-hybridized carbons (Fsp3) is 0.273. The first-order valence-electron chi connectivity index (χ1n) is 5.17. The van der Waals surface area contributed by atoms with Crippen molar-refractivity contribution in [3.05, 3.63) is 34.0 Å². The lowest BCUT2D eigenvalue weighted by atomic mass is 10.3. The van der Waals surface area contributed by atoms with Crippen LogP contribution in [-0.2, 0) is 13.6 Å². The molecule has 0 aliphatic carbocycles. The van der Waals surface area contributed by atoms with Gasteiger partial charge >= 0.3 is 0 Å². The van der Waals surface area contributed by atoms with Crippen molar-refractivity contribution in [1.82, 2.24) is 14.9 Å². The Morgan fingerprint density at radius 1 is 1.65 bits per heavy atom. The molecule has 1 amide bonds. The Bertz CT molecular complexity index is 543. The molecule has 6 heteroatoms. The summed E-state index contributed by atoms with van der Waals surface area (Å²) >= 11 is 1.54. The first-order valence-corrected chi connectivity index (χ1v) is 6.05. The molecule has 0 fully saturated rings. The average Bonchev–Trinajstić information content (AvgIpc) is 2.81. The van der Waals surface area contributed by atoms with E-state index in [-0.39, 0.29) is 5.91 Å². The molecule has 0 saturated heterocycles. The molecule has 3 N–H and O–H groups in total. The van der Waals surface area contributed by atoms with E-state index in [0.29, 0.717) is 17.9 Å². The largest absolute Gasteiger partial charge is 0.397 e. The van der Waals surface area contributed by atoms with Gasteiger partial charge in [-0.15, -0.1) is 11.3 Å². The summed E-state index contributed by atoms with van der Waals surface area (Å²) in [5.74, 6) is -0.128. The van der Waals surface area contributed by atoms with Gasteiger partial charge in [0.15, 0.2) is 0 Å². The second kappa shape index (κ2) is 4.58. The van der Waals surface area contributed by atoms with Gasteiger partial charge in [0.2, 0.25) is 0 Å². The lowest BCUT2D eigenvalue weighted by molar-refractivity contribution is 0.0943. The summed E-state index contributed by atoms with van der Waals surface area (Å²) in [5, 5.41) is 2.85. The predicted octanol–water partition coefficient (Wildman–Crippen LogP) is 1.30. The highest BCUT2D eigenvalue weighted by atomic mass is 32.1. The highest BCUT2D eigenvalue weighted by Crippen LogP contribution is 2.12. The molecular formula is C11H14N4OS. The second-order valence-electron chi connectivity index (χ2n) is 3.81. The summed E-state index contributed by atoms with van der Waals surface area (Å²) in [6.45, 7) is 2.43. The SMILES string of the molecule is Cc1ncsc1CNC(=O)c1cc(N)cn1C. The summed E-state index contributed by atoms with van der Waals surface area (Å²) in [4.78, 5) is 17.1. The molecule has 5 nitrogen and oxygen atoms in total. The van der Waals surface area contributed by atoms with E-state index in [1.54, 1.807) is 29.4 Å². The molecule has 2 rings (SSSR count). The Balaban J connectivity index is 2.03. The average molecular weight is 250 g/mol. The minimum Gasteiger partial charge on any atom is -0.397 e. The third kappa shape index (κ3) is 2.47. The summed E-state index contributed by atoms with van der Waals surface area (Å²) in [6, 6.07) is 1.66. The number of aryl methyl sites for hydroxylation is 2. The maximum Gasteiger partial charge on any atom is 0.268 e. The molecule has 17 heavy (non-hydrogen) atoms. The number of aromatic nitrogens is 2. The topological polar surface area (TPSA) is 72.9 Å². The number of nitrogens with one attached hydrogen (secondary N) is 1. The number of carbonyl (C=O) groups is 1. The molecule has 0 saturated carbocycles. The third-order valence-corrected chi connectivity index (χ3v) is 3.45. The first kappa shape index (κ1) is 11.7. The lowest BCUT2D eigenvalue weighted by Crippen LogP contribution is -2.24. The molecule has 0 radical (unpaired) electrons. The van der Waals surface area contributed by atoms with E-state index in [0.717, 1.165) is 10.6 Å². The molecule has 2 aromatic heterocycles. The molecule has 0 spiro atoms. The van der Waals surface area contributed by atoms with Crippen molar-refractivity contribution in [3.8, 4) is 0 Å². The molecule has 0 atom stereocenters. The van der Waals surface area contributed by atoms with Crippen LogP contribution in [0.3, 0.4) is 0 Å². The molecule has 2 heterocycles. The Hall–Kier alpha value is -1.82. The molecule has 0 aliphatic rings. The van der Waals surface area contributed by atoms with Crippen LogP contribution in [0.15, 0.2) is 17.8 Å². The van der Waals surface area contributed by atoms with Crippen LogP contribution in [0.25, 0.3) is 0 Å². The van der Waals surface area contributed by atoms with Crippen molar-refractivity contribution >= 4 is 22.9 Å². The summed E-state index contributed by atoms with van der Waals surface area (Å²) in [7, 11) is 1.79. The molecular weight excluding hydrogens is 236 g/mol. The van der Waals surface area contributed by atoms with E-state index < -0.39 is 0 Å². The van der Waals surface area contributed by atoms with Crippen LogP contribution in [0.1, 0.15) is 21.1 Å². The number of nitrogen functional groups attached to an aromatic ring is 1. The van der Waals surface area contributed by atoms with Crippen LogP contribution in [0.5, 0.6) is 0 Å². The number of hydrogen-bond acceptors (Lipinski definition) is 4. The van der Waals surface area contributed by atoms with Crippen molar-refractivity contribution in [2.45, 2.75) is 13.5 Å². The van der Waals surface area contributed by atoms with Crippen molar-refractivity contribution in [3.63, 3.8) is 0 Å². The Kier molecular flexibility index (Phi) is 3.14. The number of hydrogen-bond donors (Lipinski definition) is 2. The van der Waals surface area contributed by atoms with E-state index in [1.807, 2.05) is 6.92 Å². The van der Waals surface area contributed by atoms with Crippen molar-refractivity contribution in [2.75, 3.05) is 5.73 Å². The number of anilines is 1. The highest BCUT2D eigenvalue weighted by Gasteiger charge is 2.11. The van der Waals surface area contributed by atoms with Crippen LogP contribution in [0.2, 0.25) is 0 Å². The van der Waals surface area contributed by atoms with Gasteiger partial charge in [-0.25, -0.2) is 4.98 Å². The zero-order chi connectivity index (χ0) is 12.4. The van der Waals surface area contributed by atoms with Crippen LogP contribution < -0.4 is 11.1 Å². The fourth-order valence-corrected chi connectivity index (χ4v) is 2.28. The number of thiazole rings is 1. The highest BCUT2D eigenvalue weighted by molar-refractivity contribution is 7.09. The van der Waals surface area contributed by atoms with Gasteiger partial charge in [0.05, 0.1) is 23.4 Å². The van der Waals surface area contributed by atoms with Crippen molar-refractivity contribution < 1.29 is 4.79 Å². The van der Waals surface area contributed by atoms with Gasteiger partial charge in [-0.05, 0) is 13.0 Å². The quantitative estimate of drug-likeness (QED) is 0.862. The molecule has 2 aromatic rings. The number of nitrogens with zero attached hydrogens (tertiary/aromatic N) is 2. The normalized spacial score (nSPS) is 10.5. The van der Waals surface area contributed by atoms with Crippen LogP contribution >= 0.6 is 11.3 Å². The van der Waals surface area contributed by atoms with Gasteiger partial charge in [0.25, 0.3) is 5.91 Å². The Morgan fingerprint density at radius 2 is 2.41 bits per heavy atom. The maximum absolute atomic E-state index is 11.9. The maximum atomic E-state index is 11.9. The van der Waals surface area contributed by atoms with E-state index >= 15 is 0 Å². The van der Waals surface area contributed by atoms with Crippen molar-refractivity contribution in [2.24, 2.45) is 7.05 Å². The number of nitrogens with two attached hydrogens (primary N) is 1. The molecule has 0 unspecified atom stereocenters. The van der Waals surface area contributed by atoms with Gasteiger partial charge in [-0.1, -0.05) is 0 Å². The zero-order valence-electron chi connectivity index (χ0n) is 9.73. The number of rotatable bonds is 3. The van der Waals surface area contributed by atoms with Crippen LogP contribution in [-0.4, -0.2) is 15.5 Å². The Labute approximate surface area is 103 Å². The third-order valence-electron chi connectivity index (χ3n) is 2.51. The Morgan fingerprint density at radius 3 is 2.94 bits per heavy atom. The van der Waals surface area contributed by atoms with E-state index in [2.05, 4.69) is 10.3 Å². The first-order chi connectivity index (χ1) is 8.08. The second-order valence-corrected chi connectivity index (χ2v) is 4.75. The van der Waals surface area contributed by atoms with E-state index in [9.17, 15) is 4.79 Å². The fourth-order valence-electron chi connectivity index (χ4n) is 1.56. The van der Waals surface area contributed by atoms with E-state index in [4.69, 9.17) is 5.73 Å². The van der Waals surface area contributed by atoms with Crippen molar-refractivity contribution in [1.29, 1.82) is 0 Å². The van der Waals surface area contributed by atoms with Gasteiger partial charge in [0, 0.05) is 18.1 Å². The minimum atomic E-state index is -0.128. The van der Waals surface area contributed by atoms with Gasteiger partial charge in [-0.3, -0.25) is 4.79 Å². The van der Waals surface area contributed by atoms with Gasteiger partial charge < -0.3 is 15.6 Å². The summed E-state index contributed by atoms with van der Waals surface area (Å²) < 4.78 is 1.71. The molecule has 0 bridgehead atoms. The smallest absolute Gasteiger partial charge is 0.268 e. The van der Waals surface area contributed by atoms with Gasteiger partial charge in [-0.2, -0.15) is 0 Å². The number of amides is 1. The van der Waals surface area contributed by atoms with Crippen LogP contribution in [0.4, 0.5) is 5.69 Å². The lowest BCUT2D eigenvalue weighted by Gasteiger charge is -2.04. The summed E-state index contributed by atoms with van der Waals surface area (Å²) in [6.07, 6.45) is 1.72. The van der Waals surface area contributed by atoms with E-state index in [1.165, 1.54) is 11.3 Å². The molecule has 0 aromatic carbocycles. The van der Waals surface area contributed by atoms with Gasteiger partial charge in [0.1, 0.15) is 5.69 Å². The summed E-state index contributed by atoms with van der Waals surface area (Å²) in [5.41, 5.74) is 9.51. The molecule has 90 valence electrons. The zero-order valence-corrected chi connectivity index (χ0v) is 10.5. The predicted molar refractivity (Wildman–Crippen MR) is 67.8 cm³/mol. The number of carbonyl (C=O) groups excluding carboxylic acids is 1. The molecule has 0 aliphatic heterocycles. The van der Waals surface area contributed by atoms with Crippen LogP contribution in [0, 0.1) is 6.92 Å².